The van der Waals surface area contributed by atoms with Gasteiger partial charge in [-0.05, 0) is 19.8 Å². The van der Waals surface area contributed by atoms with Gasteiger partial charge in [-0.1, -0.05) is 20.3 Å². The Morgan fingerprint density at radius 3 is 2.90 bits per heavy atom. The number of hydrogen-bond acceptors (Lipinski definition) is 4. The van der Waals surface area contributed by atoms with Crippen LogP contribution in [0.3, 0.4) is 0 Å². The van der Waals surface area contributed by atoms with Crippen molar-refractivity contribution in [3.63, 3.8) is 0 Å². The monoisotopic (exact) mass is 291 g/mol. The van der Waals surface area contributed by atoms with Crippen LogP contribution < -0.4 is 10.1 Å². The van der Waals surface area contributed by atoms with Gasteiger partial charge in [-0.25, -0.2) is 0 Å². The summed E-state index contributed by atoms with van der Waals surface area (Å²) in [5.74, 6) is 1.68. The molecule has 118 valence electrons. The summed E-state index contributed by atoms with van der Waals surface area (Å²) >= 11 is 0. The Balaban J connectivity index is 2.19. The highest BCUT2D eigenvalue weighted by atomic mass is 16.5. The van der Waals surface area contributed by atoms with Gasteiger partial charge in [0.1, 0.15) is 5.75 Å². The zero-order chi connectivity index (χ0) is 15.4. The molecule has 1 N–H and O–H groups in total. The minimum Gasteiger partial charge on any atom is -0.496 e. The van der Waals surface area contributed by atoms with Gasteiger partial charge in [0.25, 0.3) is 0 Å². The average Bonchev–Trinajstić information content (AvgIpc) is 2.50. The van der Waals surface area contributed by atoms with E-state index in [1.165, 1.54) is 12.0 Å². The topological polar surface area (TPSA) is 37.4 Å². The Kier molecular flexibility index (Phi) is 5.59. The summed E-state index contributed by atoms with van der Waals surface area (Å²) in [4.78, 5) is 7.24. The predicted molar refractivity (Wildman–Crippen MR) is 86.8 cm³/mol. The highest BCUT2D eigenvalue weighted by molar-refractivity contribution is 5.41. The molecule has 1 aliphatic rings. The molecule has 0 spiro atoms. The number of hydrogen-bond donors (Lipinski definition) is 1. The molecule has 1 aromatic rings. The van der Waals surface area contributed by atoms with Gasteiger partial charge >= 0.3 is 0 Å². The van der Waals surface area contributed by atoms with E-state index < -0.39 is 0 Å². The molecule has 0 aromatic carbocycles. The lowest BCUT2D eigenvalue weighted by Gasteiger charge is -2.39. The van der Waals surface area contributed by atoms with Crippen LogP contribution in [0.5, 0.6) is 5.75 Å². The molecule has 4 nitrogen and oxygen atoms in total. The molecule has 1 aromatic heterocycles. The Hall–Kier alpha value is -1.13. The molecular formula is C17H29N3O. The van der Waals surface area contributed by atoms with Crippen molar-refractivity contribution in [2.75, 3.05) is 26.7 Å². The molecule has 0 bridgehead atoms. The third-order valence-electron chi connectivity index (χ3n) is 4.80. The summed E-state index contributed by atoms with van der Waals surface area (Å²) < 4.78 is 5.53. The molecule has 0 radical (unpaired) electrons. The lowest BCUT2D eigenvalue weighted by molar-refractivity contribution is 0.107. The highest BCUT2D eigenvalue weighted by Gasteiger charge is 2.27. The van der Waals surface area contributed by atoms with Crippen LogP contribution in [-0.4, -0.2) is 42.7 Å². The van der Waals surface area contributed by atoms with Gasteiger partial charge in [0.05, 0.1) is 12.8 Å². The van der Waals surface area contributed by atoms with E-state index in [-0.39, 0.29) is 0 Å². The van der Waals surface area contributed by atoms with Crippen LogP contribution in [0.25, 0.3) is 0 Å². The first-order valence-corrected chi connectivity index (χ1v) is 8.02. The minimum absolute atomic E-state index is 0.595. The first kappa shape index (κ1) is 16.2. The summed E-state index contributed by atoms with van der Waals surface area (Å²) in [6, 6.07) is 0.595. The van der Waals surface area contributed by atoms with Gasteiger partial charge < -0.3 is 10.1 Å². The molecule has 2 rings (SSSR count). The van der Waals surface area contributed by atoms with E-state index in [0.29, 0.717) is 12.0 Å². The fourth-order valence-corrected chi connectivity index (χ4v) is 3.22. The molecule has 1 aliphatic heterocycles. The first-order valence-electron chi connectivity index (χ1n) is 8.02. The van der Waals surface area contributed by atoms with Crippen molar-refractivity contribution in [1.29, 1.82) is 0 Å². The average molecular weight is 291 g/mol. The number of nitrogens with one attached hydrogen (secondary N) is 1. The van der Waals surface area contributed by atoms with Crippen LogP contribution in [-0.2, 0) is 6.54 Å². The van der Waals surface area contributed by atoms with Gasteiger partial charge in [0, 0.05) is 49.5 Å². The molecule has 2 heterocycles. The Morgan fingerprint density at radius 1 is 1.48 bits per heavy atom. The molecule has 21 heavy (non-hydrogen) atoms. The second-order valence-electron chi connectivity index (χ2n) is 6.17. The number of ether oxygens (including phenoxy) is 1. The Bertz CT molecular complexity index is 475. The largest absolute Gasteiger partial charge is 0.496 e. The smallest absolute Gasteiger partial charge is 0.128 e. The van der Waals surface area contributed by atoms with E-state index in [9.17, 15) is 0 Å². The van der Waals surface area contributed by atoms with Gasteiger partial charge in [0.2, 0.25) is 0 Å². The molecule has 1 fully saturated rings. The fraction of sp³-hybridized carbons (Fsp3) is 0.706. The standard InChI is InChI=1S/C17H29N3O/c1-6-12(2)16-10-18-7-8-20(16)11-15-14(4)17(21-5)13(3)9-19-15/h9,12,16,18H,6-8,10-11H2,1-5H3. The predicted octanol–water partition coefficient (Wildman–Crippen LogP) is 2.53. The number of piperazine rings is 1. The Labute approximate surface area is 128 Å². The van der Waals surface area contributed by atoms with E-state index in [0.717, 1.165) is 43.2 Å². The maximum Gasteiger partial charge on any atom is 0.128 e. The SMILES string of the molecule is CCC(C)C1CNCCN1Cc1ncc(C)c(OC)c1C. The second-order valence-corrected chi connectivity index (χ2v) is 6.17. The normalized spacial score (nSPS) is 21.3. The zero-order valence-electron chi connectivity index (χ0n) is 14.1. The van der Waals surface area contributed by atoms with E-state index in [1.54, 1.807) is 7.11 Å². The number of pyridine rings is 1. The fourth-order valence-electron chi connectivity index (χ4n) is 3.22. The number of nitrogens with zero attached hydrogens (tertiary/aromatic N) is 2. The van der Waals surface area contributed by atoms with E-state index in [1.807, 2.05) is 6.20 Å². The second kappa shape index (κ2) is 7.23. The molecule has 0 aliphatic carbocycles. The minimum atomic E-state index is 0.595. The van der Waals surface area contributed by atoms with Crippen LogP contribution >= 0.6 is 0 Å². The maximum absolute atomic E-state index is 5.53. The molecule has 1 saturated heterocycles. The van der Waals surface area contributed by atoms with Gasteiger partial charge in [0.15, 0.2) is 0 Å². The van der Waals surface area contributed by atoms with Crippen molar-refractivity contribution < 1.29 is 4.74 Å². The summed E-state index contributed by atoms with van der Waals surface area (Å²) in [7, 11) is 1.74. The third-order valence-corrected chi connectivity index (χ3v) is 4.80. The molecule has 2 atom stereocenters. The van der Waals surface area contributed by atoms with Crippen molar-refractivity contribution in [2.45, 2.75) is 46.7 Å². The van der Waals surface area contributed by atoms with E-state index >= 15 is 0 Å². The molecule has 0 amide bonds. The third kappa shape index (κ3) is 3.55. The number of aryl methyl sites for hydroxylation is 1. The number of aromatic nitrogens is 1. The van der Waals surface area contributed by atoms with Crippen molar-refractivity contribution in [2.24, 2.45) is 5.92 Å². The van der Waals surface area contributed by atoms with Crippen molar-refractivity contribution in [3.05, 3.63) is 23.0 Å². The summed E-state index contributed by atoms with van der Waals surface area (Å²) in [5, 5.41) is 3.53. The molecule has 4 heteroatoms. The van der Waals surface area contributed by atoms with Crippen LogP contribution in [0, 0.1) is 19.8 Å². The van der Waals surface area contributed by atoms with Crippen LogP contribution in [0.15, 0.2) is 6.20 Å². The van der Waals surface area contributed by atoms with Crippen LogP contribution in [0.1, 0.15) is 37.1 Å². The van der Waals surface area contributed by atoms with Crippen molar-refractivity contribution in [3.8, 4) is 5.75 Å². The van der Waals surface area contributed by atoms with Crippen LogP contribution in [0.4, 0.5) is 0 Å². The zero-order valence-corrected chi connectivity index (χ0v) is 14.1. The van der Waals surface area contributed by atoms with Gasteiger partial charge in [-0.15, -0.1) is 0 Å². The van der Waals surface area contributed by atoms with E-state index in [4.69, 9.17) is 4.74 Å². The number of rotatable bonds is 5. The van der Waals surface area contributed by atoms with Crippen LogP contribution in [0.2, 0.25) is 0 Å². The number of methoxy groups -OCH3 is 1. The molecular weight excluding hydrogens is 262 g/mol. The van der Waals surface area contributed by atoms with Gasteiger partial charge in [-0.3, -0.25) is 9.88 Å². The first-order chi connectivity index (χ1) is 10.1. The maximum atomic E-state index is 5.53. The van der Waals surface area contributed by atoms with Crippen molar-refractivity contribution in [1.82, 2.24) is 15.2 Å². The lowest BCUT2D eigenvalue weighted by Crippen LogP contribution is -2.53. The van der Waals surface area contributed by atoms with Gasteiger partial charge in [-0.2, -0.15) is 0 Å². The lowest BCUT2D eigenvalue weighted by atomic mass is 9.95. The molecule has 2 unspecified atom stereocenters. The highest BCUT2D eigenvalue weighted by Crippen LogP contribution is 2.26. The molecule has 0 saturated carbocycles. The van der Waals surface area contributed by atoms with Crippen molar-refractivity contribution >= 4 is 0 Å². The van der Waals surface area contributed by atoms with E-state index in [2.05, 4.69) is 42.9 Å². The summed E-state index contributed by atoms with van der Waals surface area (Å²) in [5.41, 5.74) is 3.43. The quantitative estimate of drug-likeness (QED) is 0.904. The Morgan fingerprint density at radius 2 is 2.24 bits per heavy atom. The summed E-state index contributed by atoms with van der Waals surface area (Å²) in [6.07, 6.45) is 3.15. The summed E-state index contributed by atoms with van der Waals surface area (Å²) in [6.45, 7) is 12.9.